The van der Waals surface area contributed by atoms with Gasteiger partial charge in [-0.3, -0.25) is 9.59 Å². The van der Waals surface area contributed by atoms with Gasteiger partial charge in [0.2, 0.25) is 0 Å². The van der Waals surface area contributed by atoms with Crippen LogP contribution in [0.5, 0.6) is 0 Å². The fourth-order valence-corrected chi connectivity index (χ4v) is 2.52. The van der Waals surface area contributed by atoms with Gasteiger partial charge < -0.3 is 10.6 Å². The lowest BCUT2D eigenvalue weighted by Crippen LogP contribution is -2.29. The first kappa shape index (κ1) is 17.6. The number of carbonyl (C=O) groups is 2. The highest BCUT2D eigenvalue weighted by Gasteiger charge is 2.16. The van der Waals surface area contributed by atoms with Gasteiger partial charge in [-0.25, -0.2) is 0 Å². The van der Waals surface area contributed by atoms with Gasteiger partial charge in [0.25, 0.3) is 0 Å². The van der Waals surface area contributed by atoms with E-state index in [1.54, 1.807) is 30.3 Å². The molecule has 0 heterocycles. The third-order valence-corrected chi connectivity index (χ3v) is 3.91. The number of anilines is 2. The second-order valence-electron chi connectivity index (χ2n) is 5.37. The molecular formula is C18H17N3O2S. The SMILES string of the molecule is CC(C)c1ccccc1NC(=O)C(=O)Nc1ccc(SC#N)cc1. The molecule has 2 amide bonds. The Morgan fingerprint density at radius 3 is 2.25 bits per heavy atom. The quantitative estimate of drug-likeness (QED) is 0.502. The number of hydrogen-bond acceptors (Lipinski definition) is 4. The van der Waals surface area contributed by atoms with Crippen LogP contribution in [0.3, 0.4) is 0 Å². The lowest BCUT2D eigenvalue weighted by atomic mass is 10.0. The molecule has 24 heavy (non-hydrogen) atoms. The largest absolute Gasteiger partial charge is 0.318 e. The average molecular weight is 339 g/mol. The van der Waals surface area contributed by atoms with E-state index in [1.165, 1.54) is 0 Å². The summed E-state index contributed by atoms with van der Waals surface area (Å²) in [7, 11) is 0. The number of carbonyl (C=O) groups excluding carboxylic acids is 2. The highest BCUT2D eigenvalue weighted by Crippen LogP contribution is 2.23. The van der Waals surface area contributed by atoms with Gasteiger partial charge in [0, 0.05) is 16.3 Å². The zero-order chi connectivity index (χ0) is 17.5. The van der Waals surface area contributed by atoms with E-state index in [9.17, 15) is 9.59 Å². The molecule has 0 radical (unpaired) electrons. The first-order valence-corrected chi connectivity index (χ1v) is 8.20. The van der Waals surface area contributed by atoms with Crippen molar-refractivity contribution in [1.29, 1.82) is 5.26 Å². The third-order valence-electron chi connectivity index (χ3n) is 3.31. The highest BCUT2D eigenvalue weighted by molar-refractivity contribution is 8.03. The number of benzene rings is 2. The molecule has 0 fully saturated rings. The second-order valence-corrected chi connectivity index (χ2v) is 6.23. The Kier molecular flexibility index (Phi) is 5.99. The molecular weight excluding hydrogens is 322 g/mol. The molecule has 0 atom stereocenters. The van der Waals surface area contributed by atoms with E-state index < -0.39 is 11.8 Å². The van der Waals surface area contributed by atoms with E-state index in [2.05, 4.69) is 10.6 Å². The van der Waals surface area contributed by atoms with Crippen molar-refractivity contribution in [1.82, 2.24) is 0 Å². The smallest absolute Gasteiger partial charge is 0.314 e. The molecule has 0 aromatic heterocycles. The fourth-order valence-electron chi connectivity index (χ4n) is 2.14. The van der Waals surface area contributed by atoms with E-state index in [4.69, 9.17) is 5.26 Å². The van der Waals surface area contributed by atoms with Crippen LogP contribution in [0.25, 0.3) is 0 Å². The lowest BCUT2D eigenvalue weighted by Gasteiger charge is -2.13. The molecule has 0 aliphatic rings. The Bertz CT molecular complexity index is 780. The molecule has 0 unspecified atom stereocenters. The highest BCUT2D eigenvalue weighted by atomic mass is 32.2. The molecule has 0 aliphatic carbocycles. The van der Waals surface area contributed by atoms with Crippen molar-refractivity contribution in [3.8, 4) is 5.40 Å². The minimum atomic E-state index is -0.741. The van der Waals surface area contributed by atoms with Gasteiger partial charge in [0.05, 0.1) is 0 Å². The number of nitriles is 1. The summed E-state index contributed by atoms with van der Waals surface area (Å²) in [6.45, 7) is 4.04. The molecule has 0 spiro atoms. The van der Waals surface area contributed by atoms with Crippen LogP contribution >= 0.6 is 11.8 Å². The fraction of sp³-hybridized carbons (Fsp3) is 0.167. The van der Waals surface area contributed by atoms with Crippen LogP contribution in [0.4, 0.5) is 11.4 Å². The Morgan fingerprint density at radius 1 is 1.00 bits per heavy atom. The van der Waals surface area contributed by atoms with Crippen molar-refractivity contribution in [2.45, 2.75) is 24.7 Å². The number of thioether (sulfide) groups is 1. The standard InChI is InChI=1S/C18H17N3O2S/c1-12(2)15-5-3-4-6-16(15)21-18(23)17(22)20-13-7-9-14(10-8-13)24-11-19/h3-10,12H,1-2H3,(H,20,22)(H,21,23). The minimum Gasteiger partial charge on any atom is -0.318 e. The summed E-state index contributed by atoms with van der Waals surface area (Å²) in [5.41, 5.74) is 2.10. The zero-order valence-electron chi connectivity index (χ0n) is 13.4. The molecule has 0 saturated heterocycles. The monoisotopic (exact) mass is 339 g/mol. The summed E-state index contributed by atoms with van der Waals surface area (Å²) in [4.78, 5) is 24.9. The Balaban J connectivity index is 2.03. The lowest BCUT2D eigenvalue weighted by molar-refractivity contribution is -0.133. The van der Waals surface area contributed by atoms with Crippen LogP contribution in [0.15, 0.2) is 53.4 Å². The number of nitrogens with zero attached hydrogens (tertiary/aromatic N) is 1. The Labute approximate surface area is 145 Å². The maximum atomic E-state index is 12.1. The van der Waals surface area contributed by atoms with Crippen LogP contribution in [0, 0.1) is 10.7 Å². The van der Waals surface area contributed by atoms with Gasteiger partial charge in [-0.2, -0.15) is 5.26 Å². The van der Waals surface area contributed by atoms with Crippen LogP contribution in [0.1, 0.15) is 25.3 Å². The molecule has 122 valence electrons. The number of nitrogens with one attached hydrogen (secondary N) is 2. The van der Waals surface area contributed by atoms with E-state index in [1.807, 2.05) is 37.4 Å². The minimum absolute atomic E-state index is 0.231. The van der Waals surface area contributed by atoms with Gasteiger partial charge in [0.15, 0.2) is 0 Å². The van der Waals surface area contributed by atoms with E-state index >= 15 is 0 Å². The van der Waals surface area contributed by atoms with E-state index in [0.717, 1.165) is 22.2 Å². The van der Waals surface area contributed by atoms with Gasteiger partial charge in [-0.15, -0.1) is 0 Å². The first-order chi connectivity index (χ1) is 11.5. The third kappa shape index (κ3) is 4.61. The maximum absolute atomic E-state index is 12.1. The Hall–Kier alpha value is -2.78. The van der Waals surface area contributed by atoms with Crippen molar-refractivity contribution in [3.05, 3.63) is 54.1 Å². The topological polar surface area (TPSA) is 82.0 Å². The number of hydrogen-bond donors (Lipinski definition) is 2. The molecule has 2 rings (SSSR count). The molecule has 2 aromatic carbocycles. The zero-order valence-corrected chi connectivity index (χ0v) is 14.2. The molecule has 0 bridgehead atoms. The van der Waals surface area contributed by atoms with E-state index in [0.29, 0.717) is 11.4 Å². The van der Waals surface area contributed by atoms with Crippen molar-refractivity contribution in [2.24, 2.45) is 0 Å². The normalized spacial score (nSPS) is 10.1. The summed E-state index contributed by atoms with van der Waals surface area (Å²) >= 11 is 1.03. The number of thiocyanates is 1. The summed E-state index contributed by atoms with van der Waals surface area (Å²) in [5.74, 6) is -1.23. The van der Waals surface area contributed by atoms with Crippen molar-refractivity contribution >= 4 is 35.0 Å². The van der Waals surface area contributed by atoms with Gasteiger partial charge >= 0.3 is 11.8 Å². The summed E-state index contributed by atoms with van der Waals surface area (Å²) < 4.78 is 0. The summed E-state index contributed by atoms with van der Waals surface area (Å²) in [6, 6.07) is 14.1. The predicted molar refractivity (Wildman–Crippen MR) is 95.7 cm³/mol. The Morgan fingerprint density at radius 2 is 1.62 bits per heavy atom. The van der Waals surface area contributed by atoms with Crippen molar-refractivity contribution in [3.63, 3.8) is 0 Å². The molecule has 0 saturated carbocycles. The molecule has 6 heteroatoms. The van der Waals surface area contributed by atoms with Gasteiger partial charge in [-0.1, -0.05) is 32.0 Å². The summed E-state index contributed by atoms with van der Waals surface area (Å²) in [6.07, 6.45) is 0. The first-order valence-electron chi connectivity index (χ1n) is 7.38. The van der Waals surface area contributed by atoms with E-state index in [-0.39, 0.29) is 5.92 Å². The number of rotatable bonds is 4. The second kappa shape index (κ2) is 8.18. The molecule has 0 aliphatic heterocycles. The van der Waals surface area contributed by atoms with Gasteiger partial charge in [-0.05, 0) is 53.6 Å². The molecule has 2 N–H and O–H groups in total. The van der Waals surface area contributed by atoms with Crippen LogP contribution < -0.4 is 10.6 Å². The van der Waals surface area contributed by atoms with Gasteiger partial charge in [0.1, 0.15) is 5.40 Å². The van der Waals surface area contributed by atoms with Crippen molar-refractivity contribution < 1.29 is 9.59 Å². The summed E-state index contributed by atoms with van der Waals surface area (Å²) in [5, 5.41) is 15.8. The number of amides is 2. The van der Waals surface area contributed by atoms with Crippen LogP contribution in [-0.2, 0) is 9.59 Å². The molecule has 2 aromatic rings. The maximum Gasteiger partial charge on any atom is 0.314 e. The average Bonchev–Trinajstić information content (AvgIpc) is 2.57. The predicted octanol–water partition coefficient (Wildman–Crippen LogP) is 3.96. The van der Waals surface area contributed by atoms with Crippen molar-refractivity contribution in [2.75, 3.05) is 10.6 Å². The molecule has 5 nitrogen and oxygen atoms in total. The van der Waals surface area contributed by atoms with Crippen LogP contribution in [0.2, 0.25) is 0 Å². The number of para-hydroxylation sites is 1. The van der Waals surface area contributed by atoms with Crippen LogP contribution in [-0.4, -0.2) is 11.8 Å².